The molecule has 1 aliphatic rings. The number of nitrogens with one attached hydrogen (secondary N) is 1. The lowest BCUT2D eigenvalue weighted by Crippen LogP contribution is -2.49. The number of piperazine rings is 1. The van der Waals surface area contributed by atoms with Gasteiger partial charge in [0.25, 0.3) is 0 Å². The Balaban J connectivity index is 1.76. The summed E-state index contributed by atoms with van der Waals surface area (Å²) in [5.74, 6) is 0. The summed E-state index contributed by atoms with van der Waals surface area (Å²) in [6, 6.07) is 9.72. The van der Waals surface area contributed by atoms with E-state index >= 15 is 0 Å². The number of hydrogen-bond acceptors (Lipinski definition) is 3. The zero-order valence-corrected chi connectivity index (χ0v) is 16.9. The number of benzene rings is 2. The molecule has 1 saturated heterocycles. The minimum Gasteiger partial charge on any atom is -0.369 e. The van der Waals surface area contributed by atoms with Crippen LogP contribution in [0.2, 0.25) is 5.02 Å². The standard InChI is InChI=1S/C21H22ClF3N4/c1-13-11-28(8-7-26-13)16-4-6-19-20(10-16)29(12-27-19)14(2)17-5-3-15(22)9-18(17)21(23,24)25/h3-6,9-10,12-14,26H,7-8,11H2,1-2H3/t13-,14-/m1/s1. The smallest absolute Gasteiger partial charge is 0.369 e. The molecule has 0 radical (unpaired) electrons. The molecule has 2 aromatic carbocycles. The van der Waals surface area contributed by atoms with Crippen LogP contribution < -0.4 is 10.2 Å². The van der Waals surface area contributed by atoms with Crippen LogP contribution >= 0.6 is 11.6 Å². The van der Waals surface area contributed by atoms with Gasteiger partial charge in [0, 0.05) is 36.4 Å². The number of aromatic nitrogens is 2. The molecule has 2 heterocycles. The van der Waals surface area contributed by atoms with Crippen LogP contribution in [-0.4, -0.2) is 35.2 Å². The molecule has 1 aromatic heterocycles. The molecular weight excluding hydrogens is 401 g/mol. The van der Waals surface area contributed by atoms with Crippen LogP contribution in [0, 0.1) is 0 Å². The second-order valence-electron chi connectivity index (χ2n) is 7.53. The predicted molar refractivity (Wildman–Crippen MR) is 110 cm³/mol. The average molecular weight is 423 g/mol. The third-order valence-corrected chi connectivity index (χ3v) is 5.72. The van der Waals surface area contributed by atoms with Crippen LogP contribution in [0.4, 0.5) is 18.9 Å². The van der Waals surface area contributed by atoms with Gasteiger partial charge in [-0.3, -0.25) is 0 Å². The number of hydrogen-bond donors (Lipinski definition) is 1. The summed E-state index contributed by atoms with van der Waals surface area (Å²) in [5, 5.41) is 3.48. The molecule has 0 saturated carbocycles. The fourth-order valence-electron chi connectivity index (χ4n) is 3.97. The van der Waals surface area contributed by atoms with Gasteiger partial charge in [-0.2, -0.15) is 13.2 Å². The summed E-state index contributed by atoms with van der Waals surface area (Å²) in [6.45, 7) is 6.55. The molecule has 0 aliphatic carbocycles. The summed E-state index contributed by atoms with van der Waals surface area (Å²) in [6.07, 6.45) is -2.87. The van der Waals surface area contributed by atoms with E-state index in [9.17, 15) is 13.2 Å². The highest BCUT2D eigenvalue weighted by molar-refractivity contribution is 6.30. The van der Waals surface area contributed by atoms with Crippen molar-refractivity contribution in [1.29, 1.82) is 0 Å². The molecule has 1 fully saturated rings. The van der Waals surface area contributed by atoms with Gasteiger partial charge in [-0.15, -0.1) is 0 Å². The summed E-state index contributed by atoms with van der Waals surface area (Å²) >= 11 is 5.84. The van der Waals surface area contributed by atoms with Crippen molar-refractivity contribution in [2.45, 2.75) is 32.1 Å². The van der Waals surface area contributed by atoms with Gasteiger partial charge >= 0.3 is 6.18 Å². The van der Waals surface area contributed by atoms with Crippen molar-refractivity contribution >= 4 is 28.3 Å². The first-order chi connectivity index (χ1) is 13.7. The van der Waals surface area contributed by atoms with E-state index in [4.69, 9.17) is 11.6 Å². The normalized spacial score (nSPS) is 19.0. The Kier molecular flexibility index (Phi) is 5.21. The topological polar surface area (TPSA) is 33.1 Å². The maximum atomic E-state index is 13.6. The number of anilines is 1. The molecular formula is C21H22ClF3N4. The summed E-state index contributed by atoms with van der Waals surface area (Å²) in [4.78, 5) is 6.68. The molecule has 1 aliphatic heterocycles. The van der Waals surface area contributed by atoms with Crippen molar-refractivity contribution in [3.63, 3.8) is 0 Å². The van der Waals surface area contributed by atoms with Gasteiger partial charge in [-0.25, -0.2) is 4.98 Å². The zero-order chi connectivity index (χ0) is 20.8. The first-order valence-corrected chi connectivity index (χ1v) is 9.93. The lowest BCUT2D eigenvalue weighted by atomic mass is 10.0. The van der Waals surface area contributed by atoms with Gasteiger partial charge in [-0.05, 0) is 49.7 Å². The van der Waals surface area contributed by atoms with Crippen LogP contribution in [0.5, 0.6) is 0 Å². The van der Waals surface area contributed by atoms with Crippen molar-refractivity contribution in [3.05, 3.63) is 58.9 Å². The second kappa shape index (κ2) is 7.54. The first-order valence-electron chi connectivity index (χ1n) is 9.55. The van der Waals surface area contributed by atoms with Gasteiger partial charge in [0.15, 0.2) is 0 Å². The number of halogens is 4. The fraction of sp³-hybridized carbons (Fsp3) is 0.381. The molecule has 4 nitrogen and oxygen atoms in total. The molecule has 4 rings (SSSR count). The highest BCUT2D eigenvalue weighted by Crippen LogP contribution is 2.38. The Morgan fingerprint density at radius 2 is 2.00 bits per heavy atom. The van der Waals surface area contributed by atoms with E-state index in [1.54, 1.807) is 17.8 Å². The molecule has 2 atom stereocenters. The molecule has 154 valence electrons. The molecule has 0 bridgehead atoms. The Hall–Kier alpha value is -2.25. The van der Waals surface area contributed by atoms with E-state index in [1.807, 2.05) is 18.2 Å². The van der Waals surface area contributed by atoms with E-state index in [0.717, 1.165) is 42.4 Å². The van der Waals surface area contributed by atoms with Crippen molar-refractivity contribution in [2.75, 3.05) is 24.5 Å². The van der Waals surface area contributed by atoms with Crippen molar-refractivity contribution in [2.24, 2.45) is 0 Å². The van der Waals surface area contributed by atoms with E-state index in [2.05, 4.69) is 22.1 Å². The van der Waals surface area contributed by atoms with E-state index in [0.29, 0.717) is 6.04 Å². The van der Waals surface area contributed by atoms with Gasteiger partial charge in [0.1, 0.15) is 0 Å². The van der Waals surface area contributed by atoms with Gasteiger partial charge in [0.05, 0.1) is 29.0 Å². The highest BCUT2D eigenvalue weighted by Gasteiger charge is 2.35. The maximum Gasteiger partial charge on any atom is 0.416 e. The van der Waals surface area contributed by atoms with Gasteiger partial charge < -0.3 is 14.8 Å². The Morgan fingerprint density at radius 3 is 2.72 bits per heavy atom. The Labute approximate surface area is 172 Å². The highest BCUT2D eigenvalue weighted by atomic mass is 35.5. The largest absolute Gasteiger partial charge is 0.416 e. The van der Waals surface area contributed by atoms with E-state index < -0.39 is 17.8 Å². The van der Waals surface area contributed by atoms with Crippen LogP contribution in [0.25, 0.3) is 11.0 Å². The van der Waals surface area contributed by atoms with Crippen LogP contribution in [0.3, 0.4) is 0 Å². The third kappa shape index (κ3) is 3.94. The molecule has 29 heavy (non-hydrogen) atoms. The molecule has 8 heteroatoms. The van der Waals surface area contributed by atoms with Crippen molar-refractivity contribution in [1.82, 2.24) is 14.9 Å². The third-order valence-electron chi connectivity index (χ3n) is 5.48. The van der Waals surface area contributed by atoms with Crippen LogP contribution in [0.15, 0.2) is 42.7 Å². The number of fused-ring (bicyclic) bond motifs is 1. The molecule has 0 spiro atoms. The lowest BCUT2D eigenvalue weighted by molar-refractivity contribution is -0.138. The molecule has 0 unspecified atom stereocenters. The number of rotatable bonds is 3. The van der Waals surface area contributed by atoms with E-state index in [-0.39, 0.29) is 10.6 Å². The number of nitrogens with zero attached hydrogens (tertiary/aromatic N) is 3. The van der Waals surface area contributed by atoms with Crippen molar-refractivity contribution < 1.29 is 13.2 Å². The van der Waals surface area contributed by atoms with Crippen LogP contribution in [-0.2, 0) is 6.18 Å². The monoisotopic (exact) mass is 422 g/mol. The minimum absolute atomic E-state index is 0.0684. The van der Waals surface area contributed by atoms with Crippen LogP contribution in [0.1, 0.15) is 31.0 Å². The van der Waals surface area contributed by atoms with Gasteiger partial charge in [0.2, 0.25) is 0 Å². The number of alkyl halides is 3. The molecule has 0 amide bonds. The summed E-state index contributed by atoms with van der Waals surface area (Å²) in [5.41, 5.74) is 2.07. The summed E-state index contributed by atoms with van der Waals surface area (Å²) < 4.78 is 42.6. The first kappa shape index (κ1) is 20.0. The van der Waals surface area contributed by atoms with Crippen molar-refractivity contribution in [3.8, 4) is 0 Å². The molecule has 1 N–H and O–H groups in total. The summed E-state index contributed by atoms with van der Waals surface area (Å²) in [7, 11) is 0. The zero-order valence-electron chi connectivity index (χ0n) is 16.2. The van der Waals surface area contributed by atoms with E-state index in [1.165, 1.54) is 12.1 Å². The second-order valence-corrected chi connectivity index (χ2v) is 7.97. The average Bonchev–Trinajstić information content (AvgIpc) is 3.10. The lowest BCUT2D eigenvalue weighted by Gasteiger charge is -2.33. The Morgan fingerprint density at radius 1 is 1.21 bits per heavy atom. The van der Waals surface area contributed by atoms with Gasteiger partial charge in [-0.1, -0.05) is 17.7 Å². The maximum absolute atomic E-state index is 13.6. The fourth-order valence-corrected chi connectivity index (χ4v) is 4.15. The quantitative estimate of drug-likeness (QED) is 0.636. The number of imidazole rings is 1. The minimum atomic E-state index is -4.48. The molecule has 3 aromatic rings. The predicted octanol–water partition coefficient (Wildman–Crippen LogP) is 5.12. The Bertz CT molecular complexity index is 1030. The SMILES string of the molecule is C[C@@H]1CN(c2ccc3ncn([C@H](C)c4ccc(Cl)cc4C(F)(F)F)c3c2)CCN1.